The predicted molar refractivity (Wildman–Crippen MR) is 154 cm³/mol. The minimum absolute atomic E-state index is 0.0305. The fraction of sp³-hybridized carbons (Fsp3) is 0.467. The molecule has 0 saturated heterocycles. The number of esters is 1. The number of ketones is 2. The van der Waals surface area contributed by atoms with Crippen molar-refractivity contribution in [2.24, 2.45) is 5.92 Å². The molecule has 0 aliphatic carbocycles. The van der Waals surface area contributed by atoms with Crippen LogP contribution in [0.25, 0.3) is 0 Å². The Bertz CT molecular complexity index is 1460. The van der Waals surface area contributed by atoms with Gasteiger partial charge in [0.15, 0.2) is 11.6 Å². The highest BCUT2D eigenvalue weighted by Gasteiger charge is 2.23. The van der Waals surface area contributed by atoms with Crippen molar-refractivity contribution in [3.63, 3.8) is 0 Å². The maximum absolute atomic E-state index is 13.5. The summed E-state index contributed by atoms with van der Waals surface area (Å²) in [5.41, 5.74) is 1.84. The molecule has 12 nitrogen and oxygen atoms in total. The number of unbranched alkanes of at least 4 members (excludes halogenated alkanes) is 1. The van der Waals surface area contributed by atoms with Gasteiger partial charge in [0.1, 0.15) is 5.69 Å². The van der Waals surface area contributed by atoms with E-state index in [1.165, 1.54) is 22.9 Å². The zero-order chi connectivity index (χ0) is 31.0. The van der Waals surface area contributed by atoms with E-state index in [0.29, 0.717) is 29.9 Å². The molecule has 0 aliphatic heterocycles. The van der Waals surface area contributed by atoms with Crippen LogP contribution in [0.5, 0.6) is 0 Å². The number of hydrogen-bond acceptors (Lipinski definition) is 7. The summed E-state index contributed by atoms with van der Waals surface area (Å²) in [6.07, 6.45) is 6.17. The van der Waals surface area contributed by atoms with Crippen molar-refractivity contribution in [3.05, 3.63) is 75.1 Å². The Kier molecular flexibility index (Phi) is 11.0. The molecule has 3 aromatic heterocycles. The molecule has 0 unspecified atom stereocenters. The molecule has 3 aromatic rings. The summed E-state index contributed by atoms with van der Waals surface area (Å²) in [5.74, 6) is -1.96. The second kappa shape index (κ2) is 14.4. The Labute approximate surface area is 244 Å². The molecule has 0 aromatic carbocycles. The van der Waals surface area contributed by atoms with Gasteiger partial charge in [-0.15, -0.1) is 0 Å². The van der Waals surface area contributed by atoms with Crippen molar-refractivity contribution >= 4 is 29.2 Å². The van der Waals surface area contributed by atoms with E-state index in [0.717, 1.165) is 12.8 Å². The van der Waals surface area contributed by atoms with Crippen LogP contribution in [-0.4, -0.2) is 53.8 Å². The van der Waals surface area contributed by atoms with Gasteiger partial charge in [0.05, 0.1) is 35.5 Å². The van der Waals surface area contributed by atoms with Crippen LogP contribution in [-0.2, 0) is 42.0 Å². The van der Waals surface area contributed by atoms with E-state index >= 15 is 0 Å². The van der Waals surface area contributed by atoms with Crippen LogP contribution in [0.1, 0.15) is 89.5 Å². The van der Waals surface area contributed by atoms with E-state index in [1.54, 1.807) is 30.0 Å². The highest BCUT2D eigenvalue weighted by atomic mass is 16.6. The topological polar surface area (TPSA) is 156 Å². The number of aromatic nitrogens is 3. The molecule has 0 fully saturated rings. The fourth-order valence-electron chi connectivity index (χ4n) is 4.79. The number of carbonyl (C=O) groups is 4. The van der Waals surface area contributed by atoms with Crippen LogP contribution in [0.4, 0.5) is 5.69 Å². The number of ether oxygens (including phenoxy) is 1. The SMILES string of the molecule is CCCCn1cc(CC(=O)c2cc([N+](=O)[O-])cn2CC(C)C)cc1C(=O)Cc1cc(C(=O)OCC)n(CCC(=O)O)c1. The lowest BCUT2D eigenvalue weighted by atomic mass is 10.1. The van der Waals surface area contributed by atoms with Gasteiger partial charge in [-0.2, -0.15) is 0 Å². The quantitative estimate of drug-likeness (QED) is 0.101. The molecular weight excluding hydrogens is 544 g/mol. The van der Waals surface area contributed by atoms with Crippen molar-refractivity contribution < 1.29 is 33.9 Å². The first kappa shape index (κ1) is 32.0. The van der Waals surface area contributed by atoms with Gasteiger partial charge in [-0.05, 0) is 42.5 Å². The van der Waals surface area contributed by atoms with E-state index in [1.807, 2.05) is 25.3 Å². The number of aryl methyl sites for hydroxylation is 2. The molecular formula is C30H38N4O8. The Balaban J connectivity index is 1.87. The minimum atomic E-state index is -1.02. The lowest BCUT2D eigenvalue weighted by Gasteiger charge is -2.10. The Hall–Kier alpha value is -4.48. The summed E-state index contributed by atoms with van der Waals surface area (Å²) in [6, 6.07) is 4.51. The molecule has 0 atom stereocenters. The number of Topliss-reactive ketones (excluding diaryl/α,β-unsaturated/α-hetero) is 2. The third-order valence-electron chi connectivity index (χ3n) is 6.67. The molecule has 0 spiro atoms. The molecule has 0 saturated carbocycles. The van der Waals surface area contributed by atoms with Gasteiger partial charge in [-0.1, -0.05) is 27.2 Å². The summed E-state index contributed by atoms with van der Waals surface area (Å²) >= 11 is 0. The molecule has 12 heteroatoms. The van der Waals surface area contributed by atoms with Crippen LogP contribution in [0.3, 0.4) is 0 Å². The van der Waals surface area contributed by atoms with E-state index in [9.17, 15) is 29.3 Å². The lowest BCUT2D eigenvalue weighted by molar-refractivity contribution is -0.384. The largest absolute Gasteiger partial charge is 0.481 e. The van der Waals surface area contributed by atoms with E-state index < -0.39 is 16.9 Å². The van der Waals surface area contributed by atoms with Crippen LogP contribution in [0.2, 0.25) is 0 Å². The van der Waals surface area contributed by atoms with Crippen molar-refractivity contribution in [2.75, 3.05) is 6.61 Å². The summed E-state index contributed by atoms with van der Waals surface area (Å²) in [4.78, 5) is 61.2. The zero-order valence-electron chi connectivity index (χ0n) is 24.5. The standard InChI is InChI=1S/C30H38N4O8/c1-5-7-9-31-17-21(13-28(36)25-15-23(34(40)41)19-33(25)16-20(3)4)11-24(31)27(35)14-22-12-26(30(39)42-6-2)32(18-22)10-8-29(37)38/h11-12,15,17-20H,5-10,13-14,16H2,1-4H3,(H,37,38). The van der Waals surface area contributed by atoms with Crippen molar-refractivity contribution in [1.29, 1.82) is 0 Å². The molecule has 226 valence electrons. The molecule has 3 rings (SSSR count). The summed E-state index contributed by atoms with van der Waals surface area (Å²) in [6.45, 7) is 8.84. The first-order valence-corrected chi connectivity index (χ1v) is 14.1. The maximum atomic E-state index is 13.5. The third-order valence-corrected chi connectivity index (χ3v) is 6.67. The predicted octanol–water partition coefficient (Wildman–Crippen LogP) is 4.96. The van der Waals surface area contributed by atoms with Gasteiger partial charge in [0.2, 0.25) is 0 Å². The molecule has 3 heterocycles. The average molecular weight is 583 g/mol. The smallest absolute Gasteiger partial charge is 0.354 e. The highest BCUT2D eigenvalue weighted by Crippen LogP contribution is 2.22. The van der Waals surface area contributed by atoms with E-state index in [-0.39, 0.29) is 67.0 Å². The number of carboxylic acid groups (broad SMARTS) is 1. The minimum Gasteiger partial charge on any atom is -0.481 e. The second-order valence-corrected chi connectivity index (χ2v) is 10.7. The van der Waals surface area contributed by atoms with Gasteiger partial charge in [-0.25, -0.2) is 4.79 Å². The van der Waals surface area contributed by atoms with Gasteiger partial charge in [0, 0.05) is 50.9 Å². The monoisotopic (exact) mass is 582 g/mol. The highest BCUT2D eigenvalue weighted by molar-refractivity contribution is 5.99. The Morgan fingerprint density at radius 2 is 1.45 bits per heavy atom. The van der Waals surface area contributed by atoms with Crippen LogP contribution < -0.4 is 0 Å². The van der Waals surface area contributed by atoms with Crippen molar-refractivity contribution in [2.45, 2.75) is 79.4 Å². The number of carbonyl (C=O) groups excluding carboxylic acids is 3. The number of carboxylic acids is 1. The second-order valence-electron chi connectivity index (χ2n) is 10.7. The number of hydrogen-bond donors (Lipinski definition) is 1. The van der Waals surface area contributed by atoms with E-state index in [2.05, 4.69) is 0 Å². The molecule has 0 aliphatic rings. The Morgan fingerprint density at radius 1 is 0.881 bits per heavy atom. The maximum Gasteiger partial charge on any atom is 0.354 e. The third kappa shape index (κ3) is 8.27. The van der Waals surface area contributed by atoms with Crippen LogP contribution in [0.15, 0.2) is 36.8 Å². The molecule has 42 heavy (non-hydrogen) atoms. The van der Waals surface area contributed by atoms with Gasteiger partial charge < -0.3 is 23.5 Å². The molecule has 0 radical (unpaired) electrons. The number of nitro groups is 1. The average Bonchev–Trinajstić information content (AvgIpc) is 3.63. The zero-order valence-corrected chi connectivity index (χ0v) is 24.5. The van der Waals surface area contributed by atoms with Crippen LogP contribution in [0, 0.1) is 16.0 Å². The van der Waals surface area contributed by atoms with Crippen molar-refractivity contribution in [1.82, 2.24) is 13.7 Å². The normalized spacial score (nSPS) is 11.2. The van der Waals surface area contributed by atoms with Crippen molar-refractivity contribution in [3.8, 4) is 0 Å². The van der Waals surface area contributed by atoms with E-state index in [4.69, 9.17) is 9.84 Å². The molecule has 0 bridgehead atoms. The first-order valence-electron chi connectivity index (χ1n) is 14.1. The Morgan fingerprint density at radius 3 is 1.98 bits per heavy atom. The summed E-state index contributed by atoms with van der Waals surface area (Å²) in [7, 11) is 0. The molecule has 0 amide bonds. The first-order chi connectivity index (χ1) is 19.9. The van der Waals surface area contributed by atoms with Gasteiger partial charge in [0.25, 0.3) is 5.69 Å². The summed E-state index contributed by atoms with van der Waals surface area (Å²) in [5, 5.41) is 20.4. The number of nitrogens with zero attached hydrogens (tertiary/aromatic N) is 4. The van der Waals surface area contributed by atoms with Crippen LogP contribution >= 0.6 is 0 Å². The van der Waals surface area contributed by atoms with Gasteiger partial charge >= 0.3 is 11.9 Å². The van der Waals surface area contributed by atoms with Gasteiger partial charge in [-0.3, -0.25) is 24.5 Å². The molecule has 1 N–H and O–H groups in total. The fourth-order valence-corrected chi connectivity index (χ4v) is 4.79. The number of aliphatic carboxylic acids is 1. The summed E-state index contributed by atoms with van der Waals surface area (Å²) < 4.78 is 10.0. The number of rotatable bonds is 17. The lowest BCUT2D eigenvalue weighted by Crippen LogP contribution is -2.13.